The molecule has 3 aromatic rings. The lowest BCUT2D eigenvalue weighted by Crippen LogP contribution is -2.09. The van der Waals surface area contributed by atoms with E-state index < -0.39 is 0 Å². The molecule has 1 atom stereocenters. The van der Waals surface area contributed by atoms with Crippen LogP contribution in [0.5, 0.6) is 0 Å². The van der Waals surface area contributed by atoms with E-state index in [0.29, 0.717) is 0 Å². The molecular weight excluding hydrogens is 314 g/mol. The fourth-order valence-electron chi connectivity index (χ4n) is 1.91. The van der Waals surface area contributed by atoms with Crippen molar-refractivity contribution in [2.24, 2.45) is 5.73 Å². The summed E-state index contributed by atoms with van der Waals surface area (Å²) in [5.74, 6) is 0. The van der Waals surface area contributed by atoms with E-state index in [1.54, 1.807) is 22.7 Å². The summed E-state index contributed by atoms with van der Waals surface area (Å²) in [6.45, 7) is 0. The second-order valence-corrected chi connectivity index (χ2v) is 7.05. The van der Waals surface area contributed by atoms with Gasteiger partial charge in [0.1, 0.15) is 0 Å². The van der Waals surface area contributed by atoms with Crippen molar-refractivity contribution in [3.05, 3.63) is 56.0 Å². The van der Waals surface area contributed by atoms with Crippen molar-refractivity contribution in [1.82, 2.24) is 0 Å². The third-order valence-electron chi connectivity index (χ3n) is 2.79. The molecule has 0 spiro atoms. The van der Waals surface area contributed by atoms with Gasteiger partial charge in [0.15, 0.2) is 0 Å². The molecule has 0 bridgehead atoms. The Balaban J connectivity index is 2.09. The van der Waals surface area contributed by atoms with E-state index in [4.69, 9.17) is 5.73 Å². The standard InChI is InChI=1S/C13H10BrNS2/c14-12-5-8(6-17-12)13(15)10-7-16-11-4-2-1-3-9(10)11/h1-7,13H,15H2. The first-order valence-corrected chi connectivity index (χ1v) is 7.76. The van der Waals surface area contributed by atoms with Crippen molar-refractivity contribution in [3.63, 3.8) is 0 Å². The highest BCUT2D eigenvalue weighted by atomic mass is 79.9. The summed E-state index contributed by atoms with van der Waals surface area (Å²) in [7, 11) is 0. The minimum Gasteiger partial charge on any atom is -0.320 e. The predicted molar refractivity (Wildman–Crippen MR) is 79.9 cm³/mol. The lowest BCUT2D eigenvalue weighted by molar-refractivity contribution is 0.890. The minimum atomic E-state index is -0.0336. The van der Waals surface area contributed by atoms with Gasteiger partial charge in [-0.3, -0.25) is 0 Å². The van der Waals surface area contributed by atoms with Crippen LogP contribution in [0.2, 0.25) is 0 Å². The van der Waals surface area contributed by atoms with E-state index >= 15 is 0 Å². The largest absolute Gasteiger partial charge is 0.320 e. The van der Waals surface area contributed by atoms with Crippen LogP contribution in [0.1, 0.15) is 17.2 Å². The summed E-state index contributed by atoms with van der Waals surface area (Å²) < 4.78 is 2.43. The van der Waals surface area contributed by atoms with Crippen molar-refractivity contribution in [2.45, 2.75) is 6.04 Å². The van der Waals surface area contributed by atoms with Gasteiger partial charge in [-0.05, 0) is 55.3 Å². The number of rotatable bonds is 2. The molecular formula is C13H10BrNS2. The molecule has 0 aliphatic heterocycles. The zero-order chi connectivity index (χ0) is 11.8. The Labute approximate surface area is 116 Å². The summed E-state index contributed by atoms with van der Waals surface area (Å²) in [5, 5.41) is 5.55. The van der Waals surface area contributed by atoms with Gasteiger partial charge in [0.2, 0.25) is 0 Å². The number of thiophene rings is 2. The van der Waals surface area contributed by atoms with Crippen LogP contribution in [-0.4, -0.2) is 0 Å². The Hall–Kier alpha value is -0.680. The highest BCUT2D eigenvalue weighted by Gasteiger charge is 2.14. The summed E-state index contributed by atoms with van der Waals surface area (Å²) in [6.07, 6.45) is 0. The molecule has 0 radical (unpaired) electrons. The van der Waals surface area contributed by atoms with Crippen LogP contribution >= 0.6 is 38.6 Å². The van der Waals surface area contributed by atoms with Gasteiger partial charge in [0.25, 0.3) is 0 Å². The Bertz CT molecular complexity index is 656. The smallest absolute Gasteiger partial charge is 0.0701 e. The lowest BCUT2D eigenvalue weighted by Gasteiger charge is -2.08. The molecule has 0 saturated carbocycles. The summed E-state index contributed by atoms with van der Waals surface area (Å²) in [4.78, 5) is 0. The quantitative estimate of drug-likeness (QED) is 0.722. The topological polar surface area (TPSA) is 26.0 Å². The van der Waals surface area contributed by atoms with Crippen molar-refractivity contribution in [1.29, 1.82) is 0 Å². The highest BCUT2D eigenvalue weighted by Crippen LogP contribution is 2.34. The molecule has 1 unspecified atom stereocenters. The fraction of sp³-hybridized carbons (Fsp3) is 0.0769. The second-order valence-electron chi connectivity index (χ2n) is 3.85. The van der Waals surface area contributed by atoms with Gasteiger partial charge in [-0.2, -0.15) is 0 Å². The summed E-state index contributed by atoms with van der Waals surface area (Å²) in [5.41, 5.74) is 8.72. The zero-order valence-electron chi connectivity index (χ0n) is 8.89. The first-order valence-electron chi connectivity index (χ1n) is 5.21. The normalized spacial score (nSPS) is 13.1. The molecule has 0 fully saturated rings. The number of hydrogen-bond acceptors (Lipinski definition) is 3. The Morgan fingerprint density at radius 3 is 2.71 bits per heavy atom. The molecule has 2 aromatic heterocycles. The van der Waals surface area contributed by atoms with Gasteiger partial charge >= 0.3 is 0 Å². The molecule has 0 aliphatic carbocycles. The SMILES string of the molecule is NC(c1csc(Br)c1)c1csc2ccccc12. The number of benzene rings is 1. The van der Waals surface area contributed by atoms with Crippen molar-refractivity contribution in [3.8, 4) is 0 Å². The van der Waals surface area contributed by atoms with Crippen LogP contribution in [-0.2, 0) is 0 Å². The van der Waals surface area contributed by atoms with Crippen molar-refractivity contribution in [2.75, 3.05) is 0 Å². The summed E-state index contributed by atoms with van der Waals surface area (Å²) in [6, 6.07) is 10.5. The van der Waals surface area contributed by atoms with Crippen LogP contribution in [0.15, 0.2) is 44.9 Å². The van der Waals surface area contributed by atoms with Crippen molar-refractivity contribution >= 4 is 48.7 Å². The molecule has 2 heterocycles. The lowest BCUT2D eigenvalue weighted by atomic mass is 10.0. The van der Waals surface area contributed by atoms with Gasteiger partial charge in [0.05, 0.1) is 9.83 Å². The highest BCUT2D eigenvalue weighted by molar-refractivity contribution is 9.11. The molecule has 3 rings (SSSR count). The number of hydrogen-bond donors (Lipinski definition) is 1. The third kappa shape index (κ3) is 2.06. The molecule has 17 heavy (non-hydrogen) atoms. The monoisotopic (exact) mass is 323 g/mol. The van der Waals surface area contributed by atoms with E-state index in [2.05, 4.69) is 57.0 Å². The summed E-state index contributed by atoms with van der Waals surface area (Å²) >= 11 is 6.91. The maximum Gasteiger partial charge on any atom is 0.0701 e. The Kier molecular flexibility index (Phi) is 3.04. The Morgan fingerprint density at radius 1 is 1.12 bits per heavy atom. The maximum absolute atomic E-state index is 6.33. The molecule has 1 aromatic carbocycles. The number of nitrogens with two attached hydrogens (primary N) is 1. The third-order valence-corrected chi connectivity index (χ3v) is 5.30. The molecule has 0 saturated heterocycles. The molecule has 0 aliphatic rings. The van der Waals surface area contributed by atoms with Gasteiger partial charge in [-0.1, -0.05) is 18.2 Å². The molecule has 2 N–H and O–H groups in total. The van der Waals surface area contributed by atoms with E-state index in [9.17, 15) is 0 Å². The predicted octanol–water partition coefficient (Wildman–Crippen LogP) is 4.77. The van der Waals surface area contributed by atoms with E-state index in [1.807, 2.05) is 0 Å². The van der Waals surface area contributed by atoms with Crippen LogP contribution in [0, 0.1) is 0 Å². The number of halogens is 1. The van der Waals surface area contributed by atoms with E-state index in [1.165, 1.54) is 21.2 Å². The van der Waals surface area contributed by atoms with E-state index in [-0.39, 0.29) is 6.04 Å². The molecule has 4 heteroatoms. The fourth-order valence-corrected chi connectivity index (χ4v) is 4.11. The van der Waals surface area contributed by atoms with E-state index in [0.717, 1.165) is 3.79 Å². The molecule has 1 nitrogen and oxygen atoms in total. The first kappa shape index (κ1) is 11.4. The van der Waals surface area contributed by atoms with Crippen molar-refractivity contribution < 1.29 is 0 Å². The molecule has 0 amide bonds. The first-order chi connectivity index (χ1) is 8.25. The van der Waals surface area contributed by atoms with Gasteiger partial charge in [-0.15, -0.1) is 22.7 Å². The maximum atomic E-state index is 6.33. The van der Waals surface area contributed by atoms with Crippen LogP contribution in [0.3, 0.4) is 0 Å². The molecule has 86 valence electrons. The second kappa shape index (κ2) is 4.53. The van der Waals surface area contributed by atoms with Gasteiger partial charge in [0, 0.05) is 4.70 Å². The van der Waals surface area contributed by atoms with Crippen LogP contribution in [0.4, 0.5) is 0 Å². The number of fused-ring (bicyclic) bond motifs is 1. The Morgan fingerprint density at radius 2 is 1.94 bits per heavy atom. The van der Waals surface area contributed by atoms with Gasteiger partial charge in [-0.25, -0.2) is 0 Å². The van der Waals surface area contributed by atoms with Crippen LogP contribution in [0.25, 0.3) is 10.1 Å². The van der Waals surface area contributed by atoms with Gasteiger partial charge < -0.3 is 5.73 Å². The average molecular weight is 324 g/mol. The average Bonchev–Trinajstić information content (AvgIpc) is 2.94. The van der Waals surface area contributed by atoms with Crippen LogP contribution < -0.4 is 5.73 Å². The minimum absolute atomic E-state index is 0.0336. The zero-order valence-corrected chi connectivity index (χ0v) is 12.1.